The highest BCUT2D eigenvalue weighted by Gasteiger charge is 2.16. The van der Waals surface area contributed by atoms with E-state index in [0.717, 1.165) is 30.4 Å². The van der Waals surface area contributed by atoms with E-state index >= 15 is 0 Å². The molecule has 1 fully saturated rings. The Bertz CT molecular complexity index is 646. The lowest BCUT2D eigenvalue weighted by molar-refractivity contribution is 0.0922. The maximum Gasteiger partial charge on any atom is 0.286 e. The smallest absolute Gasteiger partial charge is 0.286 e. The number of rotatable bonds is 7. The van der Waals surface area contributed by atoms with E-state index in [0.29, 0.717) is 24.0 Å². The third-order valence-corrected chi connectivity index (χ3v) is 5.09. The minimum absolute atomic E-state index is 0.135. The van der Waals surface area contributed by atoms with Gasteiger partial charge in [-0.05, 0) is 44.0 Å². The molecule has 0 aromatic carbocycles. The van der Waals surface area contributed by atoms with Crippen molar-refractivity contribution in [3.63, 3.8) is 0 Å². The summed E-state index contributed by atoms with van der Waals surface area (Å²) in [5.74, 6) is 2.36. The van der Waals surface area contributed by atoms with Gasteiger partial charge in [-0.2, -0.15) is 0 Å². The Balaban J connectivity index is 1.44. The van der Waals surface area contributed by atoms with Crippen LogP contribution in [0.3, 0.4) is 0 Å². The van der Waals surface area contributed by atoms with Gasteiger partial charge in [0.15, 0.2) is 10.9 Å². The fraction of sp³-hybridized carbons (Fsp3) is 0.500. The van der Waals surface area contributed by atoms with E-state index in [1.807, 2.05) is 23.9 Å². The fourth-order valence-electron chi connectivity index (χ4n) is 2.64. The van der Waals surface area contributed by atoms with Crippen LogP contribution >= 0.6 is 11.8 Å². The van der Waals surface area contributed by atoms with Crippen LogP contribution in [-0.4, -0.2) is 35.1 Å². The zero-order valence-corrected chi connectivity index (χ0v) is 14.1. The Morgan fingerprint density at radius 1 is 1.57 bits per heavy atom. The number of carbonyl (C=O) groups excluding carboxylic acids is 1. The maximum absolute atomic E-state index is 12.1. The van der Waals surface area contributed by atoms with Crippen LogP contribution < -0.4 is 10.6 Å². The van der Waals surface area contributed by atoms with E-state index in [1.54, 1.807) is 24.0 Å². The number of aryl methyl sites for hydroxylation is 1. The van der Waals surface area contributed by atoms with Gasteiger partial charge in [0.1, 0.15) is 5.76 Å². The summed E-state index contributed by atoms with van der Waals surface area (Å²) in [6, 6.07) is 3.59. The number of furan rings is 1. The number of hydrogen-bond acceptors (Lipinski definition) is 5. The molecule has 2 aromatic rings. The van der Waals surface area contributed by atoms with Crippen molar-refractivity contribution in [2.45, 2.75) is 23.8 Å². The minimum Gasteiger partial charge on any atom is -0.455 e. The van der Waals surface area contributed by atoms with Gasteiger partial charge < -0.3 is 19.6 Å². The Kier molecular flexibility index (Phi) is 5.40. The first-order valence-corrected chi connectivity index (χ1v) is 8.88. The maximum atomic E-state index is 12.1. The lowest BCUT2D eigenvalue weighted by atomic mass is 10.1. The number of thioether (sulfide) groups is 1. The normalized spacial score (nSPS) is 17.5. The van der Waals surface area contributed by atoms with E-state index < -0.39 is 0 Å². The molecule has 2 aromatic heterocycles. The van der Waals surface area contributed by atoms with Gasteiger partial charge in [0.25, 0.3) is 5.91 Å². The van der Waals surface area contributed by atoms with Crippen molar-refractivity contribution in [1.82, 2.24) is 20.2 Å². The summed E-state index contributed by atoms with van der Waals surface area (Å²) < 4.78 is 7.58. The molecule has 2 N–H and O–H groups in total. The number of aromatic nitrogens is 2. The van der Waals surface area contributed by atoms with E-state index in [4.69, 9.17) is 4.42 Å². The molecule has 1 atom stereocenters. The molecule has 0 aliphatic carbocycles. The number of nitrogens with zero attached hydrogens (tertiary/aromatic N) is 2. The van der Waals surface area contributed by atoms with E-state index in [9.17, 15) is 4.79 Å². The average molecular weight is 334 g/mol. The highest BCUT2D eigenvalue weighted by Crippen LogP contribution is 2.21. The molecule has 23 heavy (non-hydrogen) atoms. The Morgan fingerprint density at radius 3 is 3.22 bits per heavy atom. The number of hydrogen-bond donors (Lipinski definition) is 2. The second kappa shape index (κ2) is 7.70. The summed E-state index contributed by atoms with van der Waals surface area (Å²) in [4.78, 5) is 16.3. The first-order chi connectivity index (χ1) is 11.2. The number of imidazole rings is 1. The van der Waals surface area contributed by atoms with Crippen LogP contribution in [0, 0.1) is 5.92 Å². The summed E-state index contributed by atoms with van der Waals surface area (Å²) in [5, 5.41) is 7.20. The van der Waals surface area contributed by atoms with Gasteiger partial charge in [-0.3, -0.25) is 4.79 Å². The second-order valence-electron chi connectivity index (χ2n) is 5.78. The predicted molar refractivity (Wildman–Crippen MR) is 89.4 cm³/mol. The molecule has 124 valence electrons. The van der Waals surface area contributed by atoms with Gasteiger partial charge in [0, 0.05) is 26.0 Å². The lowest BCUT2D eigenvalue weighted by Crippen LogP contribution is -2.26. The Labute approximate surface area is 140 Å². The van der Waals surface area contributed by atoms with Crippen molar-refractivity contribution in [3.05, 3.63) is 36.0 Å². The SMILES string of the molecule is Cn1ccnc1SCc1ccc(C(=O)NCCC2CCNC2)o1. The number of nitrogens with one attached hydrogen (secondary N) is 2. The van der Waals surface area contributed by atoms with Gasteiger partial charge in [0.2, 0.25) is 0 Å². The summed E-state index contributed by atoms with van der Waals surface area (Å²) in [5.41, 5.74) is 0. The van der Waals surface area contributed by atoms with Gasteiger partial charge in [-0.25, -0.2) is 4.98 Å². The molecule has 1 aliphatic heterocycles. The Hall–Kier alpha value is -1.73. The monoisotopic (exact) mass is 334 g/mol. The number of amides is 1. The number of carbonyl (C=O) groups is 1. The molecule has 7 heteroatoms. The van der Waals surface area contributed by atoms with Crippen LogP contribution in [0.25, 0.3) is 0 Å². The molecule has 6 nitrogen and oxygen atoms in total. The van der Waals surface area contributed by atoms with Crippen LogP contribution in [-0.2, 0) is 12.8 Å². The third kappa shape index (κ3) is 4.39. The van der Waals surface area contributed by atoms with Crippen LogP contribution in [0.2, 0.25) is 0 Å². The molecule has 3 rings (SSSR count). The molecule has 3 heterocycles. The predicted octanol–water partition coefficient (Wildman–Crippen LogP) is 2.03. The first kappa shape index (κ1) is 16.1. The minimum atomic E-state index is -0.135. The molecule has 0 saturated carbocycles. The molecule has 0 radical (unpaired) electrons. The van der Waals surface area contributed by atoms with E-state index in [-0.39, 0.29) is 5.91 Å². The zero-order valence-electron chi connectivity index (χ0n) is 13.2. The standard InChI is InChI=1S/C16H22N4O2S/c1-20-9-8-19-16(20)23-11-13-2-3-14(22-13)15(21)18-7-5-12-4-6-17-10-12/h2-3,8-9,12,17H,4-7,10-11H2,1H3,(H,18,21). The third-order valence-electron chi connectivity index (χ3n) is 4.01. The topological polar surface area (TPSA) is 72.1 Å². The lowest BCUT2D eigenvalue weighted by Gasteiger charge is -2.08. The molecule has 1 unspecified atom stereocenters. The summed E-state index contributed by atoms with van der Waals surface area (Å²) in [6.45, 7) is 2.85. The first-order valence-electron chi connectivity index (χ1n) is 7.90. The summed E-state index contributed by atoms with van der Waals surface area (Å²) >= 11 is 1.59. The quantitative estimate of drug-likeness (QED) is 0.758. The van der Waals surface area contributed by atoms with Crippen LogP contribution in [0.5, 0.6) is 0 Å². The fourth-order valence-corrected chi connectivity index (χ4v) is 3.47. The molecule has 1 aliphatic rings. The molecule has 0 spiro atoms. The van der Waals surface area contributed by atoms with Crippen molar-refractivity contribution in [2.75, 3.05) is 19.6 Å². The van der Waals surface area contributed by atoms with Crippen molar-refractivity contribution < 1.29 is 9.21 Å². The van der Waals surface area contributed by atoms with Crippen molar-refractivity contribution in [2.24, 2.45) is 13.0 Å². The van der Waals surface area contributed by atoms with Crippen molar-refractivity contribution in [1.29, 1.82) is 0 Å². The average Bonchev–Trinajstić information content (AvgIpc) is 3.27. The molecular weight excluding hydrogens is 312 g/mol. The molecule has 1 amide bonds. The highest BCUT2D eigenvalue weighted by molar-refractivity contribution is 7.98. The summed E-state index contributed by atoms with van der Waals surface area (Å²) in [7, 11) is 1.95. The van der Waals surface area contributed by atoms with E-state index in [2.05, 4.69) is 15.6 Å². The molecular formula is C16H22N4O2S. The van der Waals surface area contributed by atoms with Gasteiger partial charge in [0.05, 0.1) is 5.75 Å². The molecule has 0 bridgehead atoms. The van der Waals surface area contributed by atoms with Crippen LogP contribution in [0.1, 0.15) is 29.2 Å². The van der Waals surface area contributed by atoms with E-state index in [1.165, 1.54) is 6.42 Å². The molecule has 1 saturated heterocycles. The van der Waals surface area contributed by atoms with Gasteiger partial charge >= 0.3 is 0 Å². The second-order valence-corrected chi connectivity index (χ2v) is 6.72. The van der Waals surface area contributed by atoms with Gasteiger partial charge in [-0.1, -0.05) is 11.8 Å². The van der Waals surface area contributed by atoms with Gasteiger partial charge in [-0.15, -0.1) is 0 Å². The highest BCUT2D eigenvalue weighted by atomic mass is 32.2. The van der Waals surface area contributed by atoms with Crippen LogP contribution in [0.4, 0.5) is 0 Å². The van der Waals surface area contributed by atoms with Crippen molar-refractivity contribution >= 4 is 17.7 Å². The van der Waals surface area contributed by atoms with Crippen LogP contribution in [0.15, 0.2) is 34.1 Å². The zero-order chi connectivity index (χ0) is 16.1. The Morgan fingerprint density at radius 2 is 2.48 bits per heavy atom. The largest absolute Gasteiger partial charge is 0.455 e. The summed E-state index contributed by atoms with van der Waals surface area (Å²) in [6.07, 6.45) is 5.89. The van der Waals surface area contributed by atoms with Crippen molar-refractivity contribution in [3.8, 4) is 0 Å².